The van der Waals surface area contributed by atoms with Gasteiger partial charge in [0.15, 0.2) is 0 Å². The number of hydrogen-bond acceptors (Lipinski definition) is 3. The van der Waals surface area contributed by atoms with E-state index in [9.17, 15) is 5.11 Å². The van der Waals surface area contributed by atoms with Crippen LogP contribution in [0.15, 0.2) is 18.2 Å². The van der Waals surface area contributed by atoms with Crippen LogP contribution in [0.5, 0.6) is 5.75 Å². The van der Waals surface area contributed by atoms with Crippen LogP contribution in [0, 0.1) is 0 Å². The second-order valence-corrected chi connectivity index (χ2v) is 3.84. The van der Waals surface area contributed by atoms with Crippen molar-refractivity contribution in [3.8, 4) is 5.75 Å². The van der Waals surface area contributed by atoms with Crippen molar-refractivity contribution in [1.29, 1.82) is 0 Å². The van der Waals surface area contributed by atoms with E-state index < -0.39 is 6.10 Å². The Morgan fingerprint density at radius 1 is 1.38 bits per heavy atom. The predicted molar refractivity (Wildman–Crippen MR) is 64.1 cm³/mol. The van der Waals surface area contributed by atoms with Crippen LogP contribution in [0.25, 0.3) is 0 Å². The van der Waals surface area contributed by atoms with Gasteiger partial charge in [-0.3, -0.25) is 0 Å². The van der Waals surface area contributed by atoms with Gasteiger partial charge in [-0.25, -0.2) is 0 Å². The fourth-order valence-corrected chi connectivity index (χ4v) is 1.51. The quantitative estimate of drug-likeness (QED) is 0.782. The van der Waals surface area contributed by atoms with Crippen LogP contribution in [0.1, 0.15) is 25.5 Å². The standard InChI is InChI=1S/C12H17ClO3/c1-3-15-6-7-16-12-5-4-10(13)8-11(12)9(2)14/h4-5,8-9,14H,3,6-7H2,1-2H3/t9-/m0/s1. The Labute approximate surface area is 101 Å². The van der Waals surface area contributed by atoms with Gasteiger partial charge in [-0.05, 0) is 32.0 Å². The highest BCUT2D eigenvalue weighted by Gasteiger charge is 2.09. The summed E-state index contributed by atoms with van der Waals surface area (Å²) in [5.41, 5.74) is 0.698. The van der Waals surface area contributed by atoms with Crippen molar-refractivity contribution in [2.75, 3.05) is 19.8 Å². The van der Waals surface area contributed by atoms with E-state index in [4.69, 9.17) is 21.1 Å². The molecule has 1 rings (SSSR count). The van der Waals surface area contributed by atoms with Crippen LogP contribution in [-0.2, 0) is 4.74 Å². The highest BCUT2D eigenvalue weighted by Crippen LogP contribution is 2.28. The second-order valence-electron chi connectivity index (χ2n) is 3.40. The van der Waals surface area contributed by atoms with Gasteiger partial charge >= 0.3 is 0 Å². The van der Waals surface area contributed by atoms with Crippen molar-refractivity contribution < 1.29 is 14.6 Å². The summed E-state index contributed by atoms with van der Waals surface area (Å²) in [6, 6.07) is 5.21. The minimum atomic E-state index is -0.596. The van der Waals surface area contributed by atoms with Gasteiger partial charge in [0.05, 0.1) is 12.7 Å². The summed E-state index contributed by atoms with van der Waals surface area (Å²) in [4.78, 5) is 0. The Hall–Kier alpha value is -0.770. The Bertz CT molecular complexity index is 326. The van der Waals surface area contributed by atoms with E-state index in [0.717, 1.165) is 0 Å². The third-order valence-corrected chi connectivity index (χ3v) is 2.35. The molecule has 1 N–H and O–H groups in total. The molecule has 0 fully saturated rings. The molecule has 0 radical (unpaired) electrons. The fourth-order valence-electron chi connectivity index (χ4n) is 1.33. The topological polar surface area (TPSA) is 38.7 Å². The van der Waals surface area contributed by atoms with Crippen molar-refractivity contribution in [2.24, 2.45) is 0 Å². The summed E-state index contributed by atoms with van der Waals surface area (Å²) < 4.78 is 10.7. The van der Waals surface area contributed by atoms with Crippen molar-refractivity contribution >= 4 is 11.6 Å². The lowest BCUT2D eigenvalue weighted by Crippen LogP contribution is -2.08. The molecule has 1 aromatic carbocycles. The maximum absolute atomic E-state index is 9.56. The first-order valence-corrected chi connectivity index (χ1v) is 5.71. The molecule has 0 amide bonds. The van der Waals surface area contributed by atoms with Gasteiger partial charge < -0.3 is 14.6 Å². The first-order chi connectivity index (χ1) is 7.65. The van der Waals surface area contributed by atoms with Gasteiger partial charge in [0.2, 0.25) is 0 Å². The zero-order chi connectivity index (χ0) is 12.0. The number of halogens is 1. The highest BCUT2D eigenvalue weighted by molar-refractivity contribution is 6.30. The molecule has 4 heteroatoms. The van der Waals surface area contributed by atoms with Gasteiger partial charge in [0.1, 0.15) is 12.4 Å². The maximum atomic E-state index is 9.56. The predicted octanol–water partition coefficient (Wildman–Crippen LogP) is 2.81. The van der Waals surface area contributed by atoms with E-state index in [0.29, 0.717) is 36.2 Å². The smallest absolute Gasteiger partial charge is 0.125 e. The van der Waals surface area contributed by atoms with E-state index in [2.05, 4.69) is 0 Å². The Morgan fingerprint density at radius 2 is 2.12 bits per heavy atom. The molecule has 3 nitrogen and oxygen atoms in total. The van der Waals surface area contributed by atoms with Gasteiger partial charge in [-0.15, -0.1) is 0 Å². The number of rotatable bonds is 6. The molecule has 1 aromatic rings. The molecule has 0 bridgehead atoms. The number of aliphatic hydroxyl groups is 1. The van der Waals surface area contributed by atoms with E-state index in [1.54, 1.807) is 25.1 Å². The lowest BCUT2D eigenvalue weighted by Gasteiger charge is -2.13. The average molecular weight is 245 g/mol. The number of benzene rings is 1. The Kier molecular flexibility index (Phi) is 5.60. The lowest BCUT2D eigenvalue weighted by atomic mass is 10.1. The summed E-state index contributed by atoms with van der Waals surface area (Å²) in [7, 11) is 0. The monoisotopic (exact) mass is 244 g/mol. The van der Waals surface area contributed by atoms with Gasteiger partial charge in [0, 0.05) is 17.2 Å². The van der Waals surface area contributed by atoms with Crippen LogP contribution in [-0.4, -0.2) is 24.9 Å². The third kappa shape index (κ3) is 4.00. The summed E-state index contributed by atoms with van der Waals surface area (Å²) >= 11 is 5.85. The zero-order valence-electron chi connectivity index (χ0n) is 9.57. The van der Waals surface area contributed by atoms with Crippen LogP contribution >= 0.6 is 11.6 Å². The van der Waals surface area contributed by atoms with Crippen molar-refractivity contribution in [2.45, 2.75) is 20.0 Å². The number of ether oxygens (including phenoxy) is 2. The molecule has 90 valence electrons. The minimum Gasteiger partial charge on any atom is -0.491 e. The lowest BCUT2D eigenvalue weighted by molar-refractivity contribution is 0.108. The van der Waals surface area contributed by atoms with Crippen LogP contribution in [0.3, 0.4) is 0 Å². The molecule has 0 aliphatic heterocycles. The molecule has 0 saturated heterocycles. The number of aliphatic hydroxyl groups excluding tert-OH is 1. The molecular formula is C12H17ClO3. The van der Waals surface area contributed by atoms with E-state index >= 15 is 0 Å². The average Bonchev–Trinajstić information content (AvgIpc) is 2.26. The maximum Gasteiger partial charge on any atom is 0.125 e. The van der Waals surface area contributed by atoms with E-state index in [1.807, 2.05) is 6.92 Å². The largest absolute Gasteiger partial charge is 0.491 e. The first-order valence-electron chi connectivity index (χ1n) is 5.33. The Morgan fingerprint density at radius 3 is 2.75 bits per heavy atom. The molecule has 1 atom stereocenters. The first kappa shape index (κ1) is 13.3. The van der Waals surface area contributed by atoms with E-state index in [1.165, 1.54) is 0 Å². The molecule has 0 spiro atoms. The Balaban J connectivity index is 2.64. The molecule has 0 aliphatic rings. The van der Waals surface area contributed by atoms with Crippen LogP contribution in [0.4, 0.5) is 0 Å². The summed E-state index contributed by atoms with van der Waals surface area (Å²) in [5.74, 6) is 0.652. The van der Waals surface area contributed by atoms with E-state index in [-0.39, 0.29) is 0 Å². The fraction of sp³-hybridized carbons (Fsp3) is 0.500. The second kappa shape index (κ2) is 6.74. The normalized spacial score (nSPS) is 12.5. The molecule has 0 heterocycles. The van der Waals surface area contributed by atoms with Crippen LogP contribution < -0.4 is 4.74 Å². The summed E-state index contributed by atoms with van der Waals surface area (Å²) in [6.45, 7) is 5.30. The van der Waals surface area contributed by atoms with Crippen LogP contribution in [0.2, 0.25) is 5.02 Å². The summed E-state index contributed by atoms with van der Waals surface area (Å²) in [6.07, 6.45) is -0.596. The number of hydrogen-bond donors (Lipinski definition) is 1. The summed E-state index contributed by atoms with van der Waals surface area (Å²) in [5, 5.41) is 10.2. The highest BCUT2D eigenvalue weighted by atomic mass is 35.5. The van der Waals surface area contributed by atoms with Crippen molar-refractivity contribution in [3.05, 3.63) is 28.8 Å². The zero-order valence-corrected chi connectivity index (χ0v) is 10.3. The molecular weight excluding hydrogens is 228 g/mol. The molecule has 0 aliphatic carbocycles. The van der Waals surface area contributed by atoms with Gasteiger partial charge in [-0.2, -0.15) is 0 Å². The minimum absolute atomic E-state index is 0.467. The van der Waals surface area contributed by atoms with Crippen molar-refractivity contribution in [3.63, 3.8) is 0 Å². The molecule has 0 saturated carbocycles. The third-order valence-electron chi connectivity index (χ3n) is 2.11. The molecule has 16 heavy (non-hydrogen) atoms. The SMILES string of the molecule is CCOCCOc1ccc(Cl)cc1[C@H](C)O. The van der Waals surface area contributed by atoms with Crippen molar-refractivity contribution in [1.82, 2.24) is 0 Å². The molecule has 0 unspecified atom stereocenters. The molecule has 0 aromatic heterocycles. The van der Waals surface area contributed by atoms with Gasteiger partial charge in [-0.1, -0.05) is 11.6 Å². The van der Waals surface area contributed by atoms with Gasteiger partial charge in [0.25, 0.3) is 0 Å².